The molecule has 0 saturated carbocycles. The predicted molar refractivity (Wildman–Crippen MR) is 43.8 cm³/mol. The first-order chi connectivity index (χ1) is 5.43. The zero-order valence-electron chi connectivity index (χ0n) is 6.87. The molecule has 3 nitrogen and oxygen atoms in total. The van der Waals surface area contributed by atoms with E-state index in [-0.39, 0.29) is 4.90 Å². The van der Waals surface area contributed by atoms with E-state index in [1.807, 2.05) is 0 Å². The van der Waals surface area contributed by atoms with Gasteiger partial charge in [-0.25, -0.2) is 0 Å². The topological polar surface area (TPSA) is 54.0 Å². The monoisotopic (exact) mass is 185 g/mol. The Labute approximate surface area is 71.8 Å². The van der Waals surface area contributed by atoms with Crippen molar-refractivity contribution in [1.82, 2.24) is 0 Å². The molecule has 1 rings (SSSR count). The van der Waals surface area contributed by atoms with Gasteiger partial charge in [0, 0.05) is 0 Å². The van der Waals surface area contributed by atoms with E-state index in [4.69, 9.17) is 0 Å². The summed E-state index contributed by atoms with van der Waals surface area (Å²) in [4.78, 5) is -0.123. The van der Waals surface area contributed by atoms with Gasteiger partial charge in [0.1, 0.15) is 0 Å². The molecule has 0 aromatic heterocycles. The van der Waals surface area contributed by atoms with Crippen molar-refractivity contribution in [3.05, 3.63) is 29.3 Å². The Kier molecular flexibility index (Phi) is 2.21. The van der Waals surface area contributed by atoms with Crippen molar-refractivity contribution in [2.24, 2.45) is 0 Å². The summed E-state index contributed by atoms with van der Waals surface area (Å²) in [5.41, 5.74) is 1.35. The lowest BCUT2D eigenvalue weighted by molar-refractivity contribution is 0.414. The van der Waals surface area contributed by atoms with Crippen LogP contribution in [0.5, 0.6) is 0 Å². The Morgan fingerprint density at radius 1 is 1.17 bits per heavy atom. The van der Waals surface area contributed by atoms with Crippen LogP contribution in [0.4, 0.5) is 0 Å². The number of rotatable bonds is 1. The van der Waals surface area contributed by atoms with E-state index in [9.17, 15) is 13.0 Å². The van der Waals surface area contributed by atoms with Crippen LogP contribution in [-0.4, -0.2) is 8.42 Å². The second-order valence-corrected chi connectivity index (χ2v) is 4.00. The second-order valence-electron chi connectivity index (χ2n) is 2.65. The van der Waals surface area contributed by atoms with Crippen molar-refractivity contribution in [2.45, 2.75) is 18.7 Å². The van der Waals surface area contributed by atoms with Crippen molar-refractivity contribution >= 4 is 10.1 Å². The van der Waals surface area contributed by atoms with E-state index in [0.29, 0.717) is 5.56 Å². The van der Waals surface area contributed by atoms with Crippen LogP contribution in [0.3, 0.4) is 0 Å². The third-order valence-electron chi connectivity index (χ3n) is 1.82. The molecule has 0 aliphatic heterocycles. The summed E-state index contributed by atoms with van der Waals surface area (Å²) in [6.07, 6.45) is 0. The van der Waals surface area contributed by atoms with Gasteiger partial charge in [-0.15, -0.1) is 0 Å². The van der Waals surface area contributed by atoms with Crippen LogP contribution in [-0.2, 0) is 14.7 Å². The highest BCUT2D eigenvalue weighted by atomic mass is 32.2. The summed E-state index contributed by atoms with van der Waals surface area (Å²) < 4.78 is 32.0. The van der Waals surface area contributed by atoms with Crippen LogP contribution in [0.2, 0.25) is 0 Å². The minimum Gasteiger partial charge on any atom is -0.192 e. The van der Waals surface area contributed by atoms with E-state index < -0.39 is 10.1 Å². The molecule has 0 unspecified atom stereocenters. The van der Waals surface area contributed by atoms with E-state index >= 15 is 0 Å². The van der Waals surface area contributed by atoms with Crippen LogP contribution in [0, 0.1) is 13.8 Å². The Hall–Kier alpha value is -0.870. The average molecular weight is 185 g/mol. The Balaban J connectivity index is 3.47. The molecule has 4 heteroatoms. The normalized spacial score (nSPS) is 11.6. The van der Waals surface area contributed by atoms with Gasteiger partial charge in [-0.05, 0) is 31.0 Å². The van der Waals surface area contributed by atoms with E-state index in [0.717, 1.165) is 5.56 Å². The van der Waals surface area contributed by atoms with Crippen LogP contribution in [0.1, 0.15) is 11.1 Å². The maximum Gasteiger partial charge on any atom is 0.324 e. The quantitative estimate of drug-likeness (QED) is 0.664. The first-order valence-corrected chi connectivity index (χ1v) is 4.86. The molecule has 1 aromatic rings. The lowest BCUT2D eigenvalue weighted by Gasteiger charge is -2.02. The molecule has 0 fully saturated rings. The van der Waals surface area contributed by atoms with Gasteiger partial charge < -0.3 is 0 Å². The van der Waals surface area contributed by atoms with E-state index in [1.165, 1.54) is 6.07 Å². The standard InChI is InChI=1S/C8H9O3S/c1-6-4-3-5-8(7(6)2)12(9,10)11/h3-5H,1-2H3. The van der Waals surface area contributed by atoms with Crippen molar-refractivity contribution in [3.63, 3.8) is 0 Å². The molecule has 1 aromatic carbocycles. The van der Waals surface area contributed by atoms with Gasteiger partial charge >= 0.3 is 10.1 Å². The smallest absolute Gasteiger partial charge is 0.192 e. The molecule has 0 spiro atoms. The van der Waals surface area contributed by atoms with Gasteiger partial charge in [0.15, 0.2) is 0 Å². The first kappa shape index (κ1) is 9.22. The van der Waals surface area contributed by atoms with Crippen LogP contribution in [0.25, 0.3) is 0 Å². The van der Waals surface area contributed by atoms with Gasteiger partial charge in [0.25, 0.3) is 0 Å². The first-order valence-electron chi connectivity index (χ1n) is 3.45. The maximum absolute atomic E-state index is 10.7. The summed E-state index contributed by atoms with van der Waals surface area (Å²) in [5.74, 6) is 0. The van der Waals surface area contributed by atoms with Crippen LogP contribution in [0.15, 0.2) is 23.1 Å². The molecule has 12 heavy (non-hydrogen) atoms. The Morgan fingerprint density at radius 2 is 1.75 bits per heavy atom. The van der Waals surface area contributed by atoms with Gasteiger partial charge in [-0.3, -0.25) is 0 Å². The number of benzene rings is 1. The zero-order valence-corrected chi connectivity index (χ0v) is 7.68. The Morgan fingerprint density at radius 3 is 2.17 bits per heavy atom. The largest absolute Gasteiger partial charge is 0.324 e. The van der Waals surface area contributed by atoms with Gasteiger partial charge in [0.2, 0.25) is 0 Å². The fourth-order valence-electron chi connectivity index (χ4n) is 0.995. The van der Waals surface area contributed by atoms with Crippen LogP contribution < -0.4 is 0 Å². The van der Waals surface area contributed by atoms with Crippen molar-refractivity contribution in [3.8, 4) is 0 Å². The fourth-order valence-corrected chi connectivity index (χ4v) is 1.78. The van der Waals surface area contributed by atoms with Gasteiger partial charge in [-0.1, -0.05) is 16.7 Å². The third-order valence-corrected chi connectivity index (χ3v) is 2.81. The molecule has 0 bridgehead atoms. The van der Waals surface area contributed by atoms with Crippen LogP contribution >= 0.6 is 0 Å². The highest BCUT2D eigenvalue weighted by molar-refractivity contribution is 7.85. The molecule has 0 aliphatic carbocycles. The number of aryl methyl sites for hydroxylation is 1. The van der Waals surface area contributed by atoms with Crippen molar-refractivity contribution < 1.29 is 13.0 Å². The maximum atomic E-state index is 10.7. The number of hydrogen-bond donors (Lipinski definition) is 0. The lowest BCUT2D eigenvalue weighted by atomic mass is 10.1. The van der Waals surface area contributed by atoms with E-state index in [2.05, 4.69) is 0 Å². The van der Waals surface area contributed by atoms with E-state index in [1.54, 1.807) is 26.0 Å². The highest BCUT2D eigenvalue weighted by Crippen LogP contribution is 2.17. The summed E-state index contributed by atoms with van der Waals surface area (Å²) in [7, 11) is -4.31. The summed E-state index contributed by atoms with van der Waals surface area (Å²) in [6, 6.07) is 4.65. The molecule has 0 atom stereocenters. The zero-order chi connectivity index (χ0) is 9.35. The summed E-state index contributed by atoms with van der Waals surface area (Å²) in [5, 5.41) is 0. The molecule has 0 aliphatic rings. The minimum absolute atomic E-state index is 0.123. The minimum atomic E-state index is -4.31. The third kappa shape index (κ3) is 1.65. The lowest BCUT2D eigenvalue weighted by Crippen LogP contribution is -1.99. The molecule has 0 amide bonds. The molecule has 0 heterocycles. The molecule has 0 N–H and O–H groups in total. The fraction of sp³-hybridized carbons (Fsp3) is 0.250. The molecule has 1 radical (unpaired) electrons. The molecular weight excluding hydrogens is 176 g/mol. The molecule has 0 saturated heterocycles. The summed E-state index contributed by atoms with van der Waals surface area (Å²) in [6.45, 7) is 3.39. The van der Waals surface area contributed by atoms with Crippen molar-refractivity contribution in [2.75, 3.05) is 0 Å². The molecular formula is C8H9O3S. The average Bonchev–Trinajstić information content (AvgIpc) is 1.92. The summed E-state index contributed by atoms with van der Waals surface area (Å²) >= 11 is 0. The number of hydrogen-bond acceptors (Lipinski definition) is 2. The SMILES string of the molecule is Cc1cccc(S([O])(=O)=O)c1C. The van der Waals surface area contributed by atoms with Gasteiger partial charge in [-0.2, -0.15) is 8.42 Å². The van der Waals surface area contributed by atoms with Gasteiger partial charge in [0.05, 0.1) is 4.90 Å². The van der Waals surface area contributed by atoms with Crippen molar-refractivity contribution in [1.29, 1.82) is 0 Å². The Bertz CT molecular complexity index is 393. The molecule has 65 valence electrons. The highest BCUT2D eigenvalue weighted by Gasteiger charge is 2.14. The predicted octanol–water partition coefficient (Wildman–Crippen LogP) is 1.42. The second kappa shape index (κ2) is 2.88.